The van der Waals surface area contributed by atoms with E-state index in [4.69, 9.17) is 4.74 Å². The quantitative estimate of drug-likeness (QED) is 0.807. The first-order valence-corrected chi connectivity index (χ1v) is 5.16. The maximum absolute atomic E-state index is 5.39. The molecular formula is C9H11BrOS. The van der Waals surface area contributed by atoms with E-state index in [1.54, 1.807) is 0 Å². The number of aryl methyl sites for hydroxylation is 1. The molecule has 0 aliphatic rings. The standard InChI is InChI=1S/C9H11BrOS/c1-7-6-8(11-4-5-12)2-3-9(7)10/h2-3,6,12H,4-5H2,1H3. The molecule has 0 aliphatic carbocycles. The molecule has 0 atom stereocenters. The van der Waals surface area contributed by atoms with Gasteiger partial charge in [-0.05, 0) is 30.7 Å². The Hall–Kier alpha value is -0.150. The van der Waals surface area contributed by atoms with Gasteiger partial charge < -0.3 is 4.74 Å². The molecule has 0 radical (unpaired) electrons. The molecule has 0 aliphatic heterocycles. The highest BCUT2D eigenvalue weighted by atomic mass is 79.9. The lowest BCUT2D eigenvalue weighted by atomic mass is 10.2. The summed E-state index contributed by atoms with van der Waals surface area (Å²) < 4.78 is 6.51. The molecule has 1 rings (SSSR count). The minimum atomic E-state index is 0.657. The van der Waals surface area contributed by atoms with Gasteiger partial charge in [-0.25, -0.2) is 0 Å². The van der Waals surface area contributed by atoms with Crippen LogP contribution in [0, 0.1) is 6.92 Å². The van der Waals surface area contributed by atoms with Gasteiger partial charge in [-0.2, -0.15) is 12.6 Å². The predicted octanol–water partition coefficient (Wildman–Crippen LogP) is 3.07. The highest BCUT2D eigenvalue weighted by Gasteiger charge is 1.96. The Kier molecular flexibility index (Phi) is 3.95. The van der Waals surface area contributed by atoms with Gasteiger partial charge in [-0.1, -0.05) is 15.9 Å². The van der Waals surface area contributed by atoms with Crippen molar-refractivity contribution < 1.29 is 4.74 Å². The summed E-state index contributed by atoms with van der Waals surface area (Å²) in [4.78, 5) is 0. The molecule has 1 aromatic rings. The lowest BCUT2D eigenvalue weighted by molar-refractivity contribution is 0.344. The van der Waals surface area contributed by atoms with Gasteiger partial charge >= 0.3 is 0 Å². The van der Waals surface area contributed by atoms with Crippen LogP contribution in [0.5, 0.6) is 5.75 Å². The molecule has 0 saturated heterocycles. The SMILES string of the molecule is Cc1cc(OCCS)ccc1Br. The Balaban J connectivity index is 2.69. The number of rotatable bonds is 3. The molecule has 0 fully saturated rings. The van der Waals surface area contributed by atoms with Gasteiger partial charge in [0, 0.05) is 10.2 Å². The van der Waals surface area contributed by atoms with Gasteiger partial charge in [0.1, 0.15) is 5.75 Å². The number of thiol groups is 1. The highest BCUT2D eigenvalue weighted by molar-refractivity contribution is 9.10. The molecule has 0 N–H and O–H groups in total. The Bertz CT molecular complexity index is 263. The van der Waals surface area contributed by atoms with Crippen LogP contribution in [0.1, 0.15) is 5.56 Å². The molecule has 0 aromatic heterocycles. The summed E-state index contributed by atoms with van der Waals surface area (Å²) in [5.41, 5.74) is 1.19. The van der Waals surface area contributed by atoms with Gasteiger partial charge in [-0.15, -0.1) is 0 Å². The fraction of sp³-hybridized carbons (Fsp3) is 0.333. The second-order valence-corrected chi connectivity index (χ2v) is 3.78. The monoisotopic (exact) mass is 246 g/mol. The summed E-state index contributed by atoms with van der Waals surface area (Å²) in [6.45, 7) is 2.70. The average Bonchev–Trinajstić information content (AvgIpc) is 2.07. The van der Waals surface area contributed by atoms with Crippen molar-refractivity contribution in [2.45, 2.75) is 6.92 Å². The van der Waals surface area contributed by atoms with Crippen molar-refractivity contribution in [3.8, 4) is 5.75 Å². The number of hydrogen-bond donors (Lipinski definition) is 1. The molecular weight excluding hydrogens is 236 g/mol. The number of benzene rings is 1. The summed E-state index contributed by atoms with van der Waals surface area (Å²) in [7, 11) is 0. The van der Waals surface area contributed by atoms with E-state index in [2.05, 4.69) is 28.6 Å². The van der Waals surface area contributed by atoms with E-state index in [9.17, 15) is 0 Å². The van der Waals surface area contributed by atoms with E-state index >= 15 is 0 Å². The predicted molar refractivity (Wildman–Crippen MR) is 58.2 cm³/mol. The maximum atomic E-state index is 5.39. The molecule has 0 unspecified atom stereocenters. The van der Waals surface area contributed by atoms with Crippen LogP contribution in [0.3, 0.4) is 0 Å². The van der Waals surface area contributed by atoms with Gasteiger partial charge in [0.2, 0.25) is 0 Å². The first-order valence-electron chi connectivity index (χ1n) is 3.74. The van der Waals surface area contributed by atoms with Crippen molar-refractivity contribution in [2.75, 3.05) is 12.4 Å². The summed E-state index contributed by atoms with van der Waals surface area (Å²) in [5, 5.41) is 0. The first-order chi connectivity index (χ1) is 5.74. The van der Waals surface area contributed by atoms with Crippen LogP contribution >= 0.6 is 28.6 Å². The summed E-state index contributed by atoms with van der Waals surface area (Å²) in [5.74, 6) is 1.65. The van der Waals surface area contributed by atoms with Crippen molar-refractivity contribution in [2.24, 2.45) is 0 Å². The second-order valence-electron chi connectivity index (χ2n) is 2.48. The summed E-state index contributed by atoms with van der Waals surface area (Å²) in [6, 6.07) is 5.94. The Labute approximate surface area is 86.7 Å². The Morgan fingerprint density at radius 1 is 1.50 bits per heavy atom. The fourth-order valence-corrected chi connectivity index (χ4v) is 1.21. The molecule has 0 spiro atoms. The lowest BCUT2D eigenvalue weighted by Gasteiger charge is -2.05. The van der Waals surface area contributed by atoms with Crippen LogP contribution < -0.4 is 4.74 Å². The third kappa shape index (κ3) is 2.72. The summed E-state index contributed by atoms with van der Waals surface area (Å²) >= 11 is 7.49. The van der Waals surface area contributed by atoms with Crippen molar-refractivity contribution in [1.82, 2.24) is 0 Å². The van der Waals surface area contributed by atoms with Crippen LogP contribution in [-0.4, -0.2) is 12.4 Å². The molecule has 0 bridgehead atoms. The zero-order chi connectivity index (χ0) is 8.97. The molecule has 0 saturated carbocycles. The van der Waals surface area contributed by atoms with E-state index in [0.29, 0.717) is 6.61 Å². The largest absolute Gasteiger partial charge is 0.493 e. The van der Waals surface area contributed by atoms with E-state index in [-0.39, 0.29) is 0 Å². The fourth-order valence-electron chi connectivity index (χ4n) is 0.870. The normalized spacial score (nSPS) is 9.92. The van der Waals surface area contributed by atoms with Crippen LogP contribution in [0.15, 0.2) is 22.7 Å². The van der Waals surface area contributed by atoms with Gasteiger partial charge in [0.25, 0.3) is 0 Å². The average molecular weight is 247 g/mol. The van der Waals surface area contributed by atoms with E-state index in [0.717, 1.165) is 16.0 Å². The zero-order valence-electron chi connectivity index (χ0n) is 6.88. The minimum Gasteiger partial charge on any atom is -0.493 e. The van der Waals surface area contributed by atoms with Gasteiger partial charge in [0.05, 0.1) is 6.61 Å². The minimum absolute atomic E-state index is 0.657. The molecule has 1 nitrogen and oxygen atoms in total. The topological polar surface area (TPSA) is 9.23 Å². The highest BCUT2D eigenvalue weighted by Crippen LogP contribution is 2.21. The number of hydrogen-bond acceptors (Lipinski definition) is 2. The van der Waals surface area contributed by atoms with Crippen LogP contribution in [0.25, 0.3) is 0 Å². The zero-order valence-corrected chi connectivity index (χ0v) is 9.36. The van der Waals surface area contributed by atoms with Crippen LogP contribution in [0.4, 0.5) is 0 Å². The third-order valence-electron chi connectivity index (χ3n) is 1.49. The molecule has 1 aromatic carbocycles. The van der Waals surface area contributed by atoms with Crippen molar-refractivity contribution >= 4 is 28.6 Å². The smallest absolute Gasteiger partial charge is 0.119 e. The van der Waals surface area contributed by atoms with Crippen molar-refractivity contribution in [1.29, 1.82) is 0 Å². The summed E-state index contributed by atoms with van der Waals surface area (Å²) in [6.07, 6.45) is 0. The van der Waals surface area contributed by atoms with Gasteiger partial charge in [-0.3, -0.25) is 0 Å². The van der Waals surface area contributed by atoms with Crippen molar-refractivity contribution in [3.05, 3.63) is 28.2 Å². The molecule has 3 heteroatoms. The maximum Gasteiger partial charge on any atom is 0.119 e. The van der Waals surface area contributed by atoms with Crippen molar-refractivity contribution in [3.63, 3.8) is 0 Å². The van der Waals surface area contributed by atoms with Crippen LogP contribution in [0.2, 0.25) is 0 Å². The number of ether oxygens (including phenoxy) is 1. The lowest BCUT2D eigenvalue weighted by Crippen LogP contribution is -1.97. The Morgan fingerprint density at radius 3 is 2.83 bits per heavy atom. The first kappa shape index (κ1) is 9.93. The van der Waals surface area contributed by atoms with Crippen LogP contribution in [-0.2, 0) is 0 Å². The van der Waals surface area contributed by atoms with Gasteiger partial charge in [0.15, 0.2) is 0 Å². The Morgan fingerprint density at radius 2 is 2.25 bits per heavy atom. The number of halogens is 1. The molecule has 12 heavy (non-hydrogen) atoms. The molecule has 0 heterocycles. The van der Waals surface area contributed by atoms with E-state index in [1.165, 1.54) is 5.56 Å². The molecule has 66 valence electrons. The molecule has 0 amide bonds. The van der Waals surface area contributed by atoms with E-state index in [1.807, 2.05) is 25.1 Å². The second kappa shape index (κ2) is 4.77. The van der Waals surface area contributed by atoms with E-state index < -0.39 is 0 Å². The third-order valence-corrected chi connectivity index (χ3v) is 2.56.